The molecule has 1 aromatic rings. The average Bonchev–Trinajstić information content (AvgIpc) is 3.19. The Kier molecular flexibility index (Phi) is 8.09. The molecule has 1 heterocycles. The van der Waals surface area contributed by atoms with Gasteiger partial charge in [-0.05, 0) is 43.4 Å². The van der Waals surface area contributed by atoms with Crippen LogP contribution in [0, 0.1) is 0 Å². The van der Waals surface area contributed by atoms with E-state index in [0.29, 0.717) is 6.42 Å². The minimum atomic E-state index is 0.0257. The van der Waals surface area contributed by atoms with Crippen LogP contribution < -0.4 is 10.3 Å². The van der Waals surface area contributed by atoms with E-state index in [-0.39, 0.29) is 5.91 Å². The number of anilines is 1. The lowest BCUT2D eigenvalue weighted by molar-refractivity contribution is -0.121. The molecule has 3 rings (SSSR count). The Morgan fingerprint density at radius 2 is 1.89 bits per heavy atom. The second-order valence-corrected chi connectivity index (χ2v) is 7.73. The van der Waals surface area contributed by atoms with Crippen molar-refractivity contribution in [3.63, 3.8) is 0 Å². The number of nitrogens with one attached hydrogen (secondary N) is 1. The molecule has 1 saturated heterocycles. The second kappa shape index (κ2) is 11.0. The number of nitrogens with zero attached hydrogens (tertiary/aromatic N) is 3. The van der Waals surface area contributed by atoms with E-state index in [1.54, 1.807) is 0 Å². The van der Waals surface area contributed by atoms with Gasteiger partial charge in [-0.3, -0.25) is 9.69 Å². The summed E-state index contributed by atoms with van der Waals surface area (Å²) in [6, 6.07) is 10.5. The Hall–Kier alpha value is -2.14. The van der Waals surface area contributed by atoms with Crippen molar-refractivity contribution in [3.8, 4) is 0 Å². The fraction of sp³-hybridized carbons (Fsp3) is 0.565. The van der Waals surface area contributed by atoms with Crippen molar-refractivity contribution in [2.75, 3.05) is 37.6 Å². The van der Waals surface area contributed by atoms with Gasteiger partial charge in [0.15, 0.2) is 0 Å². The molecule has 0 aromatic heterocycles. The summed E-state index contributed by atoms with van der Waals surface area (Å²) in [6.45, 7) is 7.06. The average molecular weight is 383 g/mol. The molecule has 1 aromatic carbocycles. The number of benzene rings is 1. The Balaban J connectivity index is 1.35. The van der Waals surface area contributed by atoms with Gasteiger partial charge in [0.05, 0.1) is 5.71 Å². The lowest BCUT2D eigenvalue weighted by Crippen LogP contribution is -2.47. The molecule has 1 N–H and O–H groups in total. The molecular formula is C23H34N4O. The van der Waals surface area contributed by atoms with E-state index in [4.69, 9.17) is 0 Å². The molecular weight excluding hydrogens is 348 g/mol. The topological polar surface area (TPSA) is 47.9 Å². The predicted molar refractivity (Wildman–Crippen MR) is 117 cm³/mol. The van der Waals surface area contributed by atoms with E-state index in [0.717, 1.165) is 57.7 Å². The number of hydrogen-bond acceptors (Lipinski definition) is 4. The van der Waals surface area contributed by atoms with Crippen LogP contribution in [0.5, 0.6) is 0 Å². The van der Waals surface area contributed by atoms with E-state index in [1.807, 2.05) is 0 Å². The van der Waals surface area contributed by atoms with Crippen LogP contribution in [0.25, 0.3) is 0 Å². The van der Waals surface area contributed by atoms with Crippen molar-refractivity contribution < 1.29 is 4.79 Å². The first-order valence-electron chi connectivity index (χ1n) is 10.8. The van der Waals surface area contributed by atoms with Crippen LogP contribution in [0.1, 0.15) is 51.9 Å². The standard InChI is InChI=1S/C23H34N4O/c1-2-3-5-9-20-10-8-13-22(20)24-25-23(28)14-15-26-16-18-27(19-17-26)21-11-6-4-7-12-21/h4,6-7,10-12H,2-3,5,8-9,13-19H2,1H3,(H,25,28). The van der Waals surface area contributed by atoms with E-state index in [1.165, 1.54) is 30.5 Å². The smallest absolute Gasteiger partial charge is 0.241 e. The summed E-state index contributed by atoms with van der Waals surface area (Å²) in [5.74, 6) is 0.0257. The van der Waals surface area contributed by atoms with Crippen LogP contribution in [0.4, 0.5) is 5.69 Å². The molecule has 1 fully saturated rings. The van der Waals surface area contributed by atoms with Crippen LogP contribution in [0.15, 0.2) is 47.1 Å². The minimum Gasteiger partial charge on any atom is -0.369 e. The Bertz CT molecular complexity index is 675. The maximum Gasteiger partial charge on any atom is 0.241 e. The molecule has 0 unspecified atom stereocenters. The molecule has 152 valence electrons. The van der Waals surface area contributed by atoms with Crippen molar-refractivity contribution in [1.29, 1.82) is 0 Å². The molecule has 1 aliphatic heterocycles. The van der Waals surface area contributed by atoms with Crippen LogP contribution in [0.2, 0.25) is 0 Å². The zero-order chi connectivity index (χ0) is 19.6. The first-order valence-corrected chi connectivity index (χ1v) is 10.8. The van der Waals surface area contributed by atoms with E-state index in [2.05, 4.69) is 63.7 Å². The maximum atomic E-state index is 12.2. The minimum absolute atomic E-state index is 0.0257. The molecule has 0 spiro atoms. The number of para-hydroxylation sites is 1. The highest BCUT2D eigenvalue weighted by Gasteiger charge is 2.18. The summed E-state index contributed by atoms with van der Waals surface area (Å²) in [4.78, 5) is 17.0. The fourth-order valence-corrected chi connectivity index (χ4v) is 3.91. The fourth-order valence-electron chi connectivity index (χ4n) is 3.91. The summed E-state index contributed by atoms with van der Waals surface area (Å²) in [5.41, 5.74) is 6.50. The quantitative estimate of drug-likeness (QED) is 0.519. The molecule has 5 nitrogen and oxygen atoms in total. The van der Waals surface area contributed by atoms with Crippen molar-refractivity contribution in [1.82, 2.24) is 10.3 Å². The Labute approximate surface area is 169 Å². The van der Waals surface area contributed by atoms with Gasteiger partial charge in [-0.1, -0.05) is 44.0 Å². The van der Waals surface area contributed by atoms with Gasteiger partial charge >= 0.3 is 0 Å². The molecule has 0 saturated carbocycles. The molecule has 5 heteroatoms. The zero-order valence-corrected chi connectivity index (χ0v) is 17.2. The number of piperazine rings is 1. The molecule has 1 amide bonds. The van der Waals surface area contributed by atoms with Crippen molar-refractivity contribution in [3.05, 3.63) is 42.0 Å². The van der Waals surface area contributed by atoms with Crippen LogP contribution >= 0.6 is 0 Å². The maximum absolute atomic E-state index is 12.2. The van der Waals surface area contributed by atoms with E-state index in [9.17, 15) is 4.79 Å². The number of carbonyl (C=O) groups is 1. The summed E-state index contributed by atoms with van der Waals surface area (Å²) >= 11 is 0. The third kappa shape index (κ3) is 6.20. The lowest BCUT2D eigenvalue weighted by atomic mass is 10.1. The van der Waals surface area contributed by atoms with Crippen LogP contribution in [-0.4, -0.2) is 49.2 Å². The normalized spacial score (nSPS) is 19.1. The molecule has 0 bridgehead atoms. The van der Waals surface area contributed by atoms with Gasteiger partial charge in [0.1, 0.15) is 0 Å². The SMILES string of the molecule is CCCCCC1=CCCC1=NNC(=O)CCN1CCN(c2ccccc2)CC1. The first-order chi connectivity index (χ1) is 13.8. The first kappa shape index (κ1) is 20.6. The van der Waals surface area contributed by atoms with Gasteiger partial charge < -0.3 is 4.90 Å². The highest BCUT2D eigenvalue weighted by Crippen LogP contribution is 2.21. The predicted octanol–water partition coefficient (Wildman–Crippen LogP) is 3.97. The Morgan fingerprint density at radius 1 is 1.11 bits per heavy atom. The largest absolute Gasteiger partial charge is 0.369 e. The third-order valence-corrected chi connectivity index (χ3v) is 5.66. The molecule has 28 heavy (non-hydrogen) atoms. The second-order valence-electron chi connectivity index (χ2n) is 7.73. The number of allylic oxidation sites excluding steroid dienone is 2. The lowest BCUT2D eigenvalue weighted by Gasteiger charge is -2.36. The molecule has 2 aliphatic rings. The highest BCUT2D eigenvalue weighted by atomic mass is 16.2. The molecule has 0 radical (unpaired) electrons. The van der Waals surface area contributed by atoms with Crippen molar-refractivity contribution >= 4 is 17.3 Å². The number of hydrazone groups is 1. The molecule has 0 atom stereocenters. The van der Waals surface area contributed by atoms with Crippen molar-refractivity contribution in [2.45, 2.75) is 51.9 Å². The van der Waals surface area contributed by atoms with Gasteiger partial charge in [0.2, 0.25) is 5.91 Å². The summed E-state index contributed by atoms with van der Waals surface area (Å²) in [7, 11) is 0. The van der Waals surface area contributed by atoms with E-state index >= 15 is 0 Å². The number of amides is 1. The monoisotopic (exact) mass is 382 g/mol. The number of rotatable bonds is 9. The van der Waals surface area contributed by atoms with Crippen LogP contribution in [-0.2, 0) is 4.79 Å². The van der Waals surface area contributed by atoms with Crippen LogP contribution in [0.3, 0.4) is 0 Å². The van der Waals surface area contributed by atoms with E-state index < -0.39 is 0 Å². The van der Waals surface area contributed by atoms with Gasteiger partial charge in [-0.2, -0.15) is 5.10 Å². The number of hydrogen-bond donors (Lipinski definition) is 1. The summed E-state index contributed by atoms with van der Waals surface area (Å²) in [6.07, 6.45) is 9.61. The highest BCUT2D eigenvalue weighted by molar-refractivity contribution is 6.02. The van der Waals surface area contributed by atoms with Gasteiger partial charge in [-0.25, -0.2) is 5.43 Å². The number of unbranched alkanes of at least 4 members (excludes halogenated alkanes) is 2. The van der Waals surface area contributed by atoms with Gasteiger partial charge in [-0.15, -0.1) is 0 Å². The summed E-state index contributed by atoms with van der Waals surface area (Å²) < 4.78 is 0. The van der Waals surface area contributed by atoms with Gasteiger partial charge in [0.25, 0.3) is 0 Å². The zero-order valence-electron chi connectivity index (χ0n) is 17.2. The Morgan fingerprint density at radius 3 is 2.64 bits per heavy atom. The molecule has 1 aliphatic carbocycles. The van der Waals surface area contributed by atoms with Gasteiger partial charge in [0, 0.05) is 44.8 Å². The van der Waals surface area contributed by atoms with Crippen molar-refractivity contribution in [2.24, 2.45) is 5.10 Å². The third-order valence-electron chi connectivity index (χ3n) is 5.66. The number of carbonyl (C=O) groups excluding carboxylic acids is 1. The summed E-state index contributed by atoms with van der Waals surface area (Å²) in [5, 5.41) is 4.42.